The van der Waals surface area contributed by atoms with Crippen LogP contribution >= 0.6 is 22.9 Å². The van der Waals surface area contributed by atoms with Crippen LogP contribution in [0.1, 0.15) is 36.4 Å². The molecule has 23 heavy (non-hydrogen) atoms. The van der Waals surface area contributed by atoms with Gasteiger partial charge in [0.25, 0.3) is 0 Å². The van der Waals surface area contributed by atoms with Crippen molar-refractivity contribution in [1.29, 1.82) is 0 Å². The molecule has 0 N–H and O–H groups in total. The number of methoxy groups -OCH3 is 2. The highest BCUT2D eigenvalue weighted by molar-refractivity contribution is 7.18. The molecular formula is C15H21ClN2O4S. The summed E-state index contributed by atoms with van der Waals surface area (Å²) in [5, 5.41) is 0.840. The molecule has 1 fully saturated rings. The Labute approximate surface area is 144 Å². The van der Waals surface area contributed by atoms with E-state index in [1.165, 1.54) is 25.6 Å². The summed E-state index contributed by atoms with van der Waals surface area (Å²) in [5.41, 5.74) is -0.570. The molecule has 1 aromatic rings. The summed E-state index contributed by atoms with van der Waals surface area (Å²) in [4.78, 5) is 30.3. The standard InChI is InChI=1S/C15H21ClN2O4S/c1-15(2,13(20)22-4)9-6-5-7-18(8-9)14-17-11(16)10(23-14)12(19)21-3/h9H,5-8H2,1-4H3. The number of thiazole rings is 1. The lowest BCUT2D eigenvalue weighted by Gasteiger charge is -2.39. The number of piperidine rings is 1. The summed E-state index contributed by atoms with van der Waals surface area (Å²) >= 11 is 7.25. The van der Waals surface area contributed by atoms with Gasteiger partial charge in [0, 0.05) is 13.1 Å². The van der Waals surface area contributed by atoms with Gasteiger partial charge in [0.1, 0.15) is 0 Å². The lowest BCUT2D eigenvalue weighted by molar-refractivity contribution is -0.154. The Morgan fingerprint density at radius 3 is 2.65 bits per heavy atom. The van der Waals surface area contributed by atoms with E-state index in [0.29, 0.717) is 16.6 Å². The van der Waals surface area contributed by atoms with Crippen molar-refractivity contribution in [3.63, 3.8) is 0 Å². The zero-order valence-electron chi connectivity index (χ0n) is 13.7. The van der Waals surface area contributed by atoms with E-state index in [0.717, 1.165) is 19.4 Å². The Morgan fingerprint density at radius 2 is 2.04 bits per heavy atom. The third-order valence-corrected chi connectivity index (χ3v) is 5.85. The Balaban J connectivity index is 2.19. The average Bonchev–Trinajstić information content (AvgIpc) is 2.95. The molecule has 0 radical (unpaired) electrons. The number of anilines is 1. The van der Waals surface area contributed by atoms with Gasteiger partial charge >= 0.3 is 11.9 Å². The minimum absolute atomic E-state index is 0.146. The number of ether oxygens (including phenoxy) is 2. The van der Waals surface area contributed by atoms with E-state index in [9.17, 15) is 9.59 Å². The van der Waals surface area contributed by atoms with Gasteiger partial charge in [-0.15, -0.1) is 0 Å². The van der Waals surface area contributed by atoms with Gasteiger partial charge in [-0.1, -0.05) is 22.9 Å². The third-order valence-electron chi connectivity index (χ3n) is 4.37. The normalized spacial score (nSPS) is 18.7. The third kappa shape index (κ3) is 3.61. The first-order chi connectivity index (χ1) is 10.8. The Hall–Kier alpha value is -1.34. The highest BCUT2D eigenvalue weighted by Gasteiger charge is 2.40. The second-order valence-electron chi connectivity index (χ2n) is 6.11. The van der Waals surface area contributed by atoms with E-state index >= 15 is 0 Å². The number of halogens is 1. The molecule has 0 bridgehead atoms. The van der Waals surface area contributed by atoms with Crippen molar-refractivity contribution in [2.24, 2.45) is 11.3 Å². The molecule has 1 saturated heterocycles. The molecule has 6 nitrogen and oxygen atoms in total. The number of aromatic nitrogens is 1. The van der Waals surface area contributed by atoms with Crippen LogP contribution in [0.4, 0.5) is 5.13 Å². The lowest BCUT2D eigenvalue weighted by atomic mass is 9.74. The van der Waals surface area contributed by atoms with E-state index in [1.807, 2.05) is 13.8 Å². The molecule has 8 heteroatoms. The number of hydrogen-bond acceptors (Lipinski definition) is 7. The van der Waals surface area contributed by atoms with Crippen molar-refractivity contribution in [3.05, 3.63) is 10.0 Å². The van der Waals surface area contributed by atoms with Crippen LogP contribution in [0, 0.1) is 11.3 Å². The van der Waals surface area contributed by atoms with Crippen molar-refractivity contribution in [3.8, 4) is 0 Å². The quantitative estimate of drug-likeness (QED) is 0.769. The SMILES string of the molecule is COC(=O)c1sc(N2CCCC(C(C)(C)C(=O)OC)C2)nc1Cl. The van der Waals surface area contributed by atoms with Crippen LogP contribution in [0.2, 0.25) is 5.15 Å². The largest absolute Gasteiger partial charge is 0.469 e. The predicted octanol–water partition coefficient (Wildman–Crippen LogP) is 3.00. The molecule has 128 valence electrons. The summed E-state index contributed by atoms with van der Waals surface area (Å²) in [6, 6.07) is 0. The first-order valence-corrected chi connectivity index (χ1v) is 8.58. The van der Waals surface area contributed by atoms with Crippen molar-refractivity contribution in [1.82, 2.24) is 4.98 Å². The minimum atomic E-state index is -0.570. The molecule has 1 atom stereocenters. The van der Waals surface area contributed by atoms with Gasteiger partial charge in [0.05, 0.1) is 19.6 Å². The summed E-state index contributed by atoms with van der Waals surface area (Å²) in [6.45, 7) is 5.30. The number of rotatable bonds is 4. The molecule has 0 aliphatic carbocycles. The van der Waals surface area contributed by atoms with Gasteiger partial charge in [-0.2, -0.15) is 0 Å². The van der Waals surface area contributed by atoms with E-state index < -0.39 is 11.4 Å². The highest BCUT2D eigenvalue weighted by atomic mass is 35.5. The predicted molar refractivity (Wildman–Crippen MR) is 89.2 cm³/mol. The molecule has 0 spiro atoms. The van der Waals surface area contributed by atoms with Crippen LogP contribution < -0.4 is 4.90 Å². The van der Waals surface area contributed by atoms with Gasteiger partial charge < -0.3 is 14.4 Å². The molecular weight excluding hydrogens is 340 g/mol. The first-order valence-electron chi connectivity index (χ1n) is 7.39. The first kappa shape index (κ1) is 18.0. The number of nitrogens with zero attached hydrogens (tertiary/aromatic N) is 2. The number of hydrogen-bond donors (Lipinski definition) is 0. The van der Waals surface area contributed by atoms with Gasteiger partial charge in [-0.3, -0.25) is 4.79 Å². The van der Waals surface area contributed by atoms with Crippen LogP contribution in [-0.4, -0.2) is 44.2 Å². The van der Waals surface area contributed by atoms with Crippen molar-refractivity contribution >= 4 is 40.0 Å². The lowest BCUT2D eigenvalue weighted by Crippen LogP contribution is -2.45. The van der Waals surface area contributed by atoms with Crippen LogP contribution in [0.3, 0.4) is 0 Å². The zero-order valence-corrected chi connectivity index (χ0v) is 15.3. The topological polar surface area (TPSA) is 68.7 Å². The van der Waals surface area contributed by atoms with Crippen molar-refractivity contribution in [2.75, 3.05) is 32.2 Å². The van der Waals surface area contributed by atoms with Crippen molar-refractivity contribution < 1.29 is 19.1 Å². The second kappa shape index (κ2) is 7.05. The molecule has 0 saturated carbocycles. The molecule has 2 rings (SSSR count). The Morgan fingerprint density at radius 1 is 1.35 bits per heavy atom. The van der Waals surface area contributed by atoms with Crippen LogP contribution in [-0.2, 0) is 14.3 Å². The molecule has 1 aliphatic heterocycles. The summed E-state index contributed by atoms with van der Waals surface area (Å²) in [6.07, 6.45) is 1.89. The van der Waals surface area contributed by atoms with Crippen LogP contribution in [0.25, 0.3) is 0 Å². The maximum atomic E-state index is 12.0. The number of carbonyl (C=O) groups is 2. The van der Waals surface area contributed by atoms with E-state index in [2.05, 4.69) is 9.88 Å². The van der Waals surface area contributed by atoms with Gasteiger partial charge in [0.15, 0.2) is 15.2 Å². The molecule has 1 aliphatic rings. The van der Waals surface area contributed by atoms with Gasteiger partial charge in [0.2, 0.25) is 0 Å². The van der Waals surface area contributed by atoms with Crippen LogP contribution in [0.15, 0.2) is 0 Å². The summed E-state index contributed by atoms with van der Waals surface area (Å²) in [7, 11) is 2.72. The van der Waals surface area contributed by atoms with E-state index in [1.54, 1.807) is 0 Å². The fraction of sp³-hybridized carbons (Fsp3) is 0.667. The zero-order chi connectivity index (χ0) is 17.2. The summed E-state index contributed by atoms with van der Waals surface area (Å²) in [5.74, 6) is -0.549. The molecule has 1 aromatic heterocycles. The summed E-state index contributed by atoms with van der Waals surface area (Å²) < 4.78 is 9.63. The molecule has 0 amide bonds. The average molecular weight is 361 g/mol. The van der Waals surface area contributed by atoms with Gasteiger partial charge in [-0.05, 0) is 32.6 Å². The number of esters is 2. The number of carbonyl (C=O) groups excluding carboxylic acids is 2. The highest BCUT2D eigenvalue weighted by Crippen LogP contribution is 2.38. The molecule has 0 aromatic carbocycles. The van der Waals surface area contributed by atoms with Crippen molar-refractivity contribution in [2.45, 2.75) is 26.7 Å². The smallest absolute Gasteiger partial charge is 0.351 e. The molecule has 2 heterocycles. The Bertz CT molecular complexity index is 602. The fourth-order valence-corrected chi connectivity index (χ4v) is 4.05. The minimum Gasteiger partial charge on any atom is -0.469 e. The molecule has 1 unspecified atom stereocenters. The Kier molecular flexibility index (Phi) is 5.52. The van der Waals surface area contributed by atoms with Crippen LogP contribution in [0.5, 0.6) is 0 Å². The fourth-order valence-electron chi connectivity index (χ4n) is 2.81. The van der Waals surface area contributed by atoms with Gasteiger partial charge in [-0.25, -0.2) is 9.78 Å². The van der Waals surface area contributed by atoms with E-state index in [-0.39, 0.29) is 17.0 Å². The maximum absolute atomic E-state index is 12.0. The second-order valence-corrected chi connectivity index (χ2v) is 7.44. The maximum Gasteiger partial charge on any atom is 0.351 e. The monoisotopic (exact) mass is 360 g/mol. The van der Waals surface area contributed by atoms with E-state index in [4.69, 9.17) is 21.1 Å².